The number of hydrogen-bond acceptors (Lipinski definition) is 4. The lowest BCUT2D eigenvalue weighted by molar-refractivity contribution is -0.139. The Bertz CT molecular complexity index is 708. The number of rotatable bonds is 5. The lowest BCUT2D eigenvalue weighted by atomic mass is 10.0. The molecular weight excluding hydrogens is 381 g/mol. The molecule has 1 N–H and O–H groups in total. The van der Waals surface area contributed by atoms with Gasteiger partial charge in [0.2, 0.25) is 5.91 Å². The zero-order valence-corrected chi connectivity index (χ0v) is 13.7. The maximum atomic E-state index is 13.1. The molecule has 0 saturated carbocycles. The van der Waals surface area contributed by atoms with Gasteiger partial charge in [-0.05, 0) is 17.7 Å². The Balaban J connectivity index is 2.34. The molecule has 0 aromatic heterocycles. The molecule has 2 unspecified atom stereocenters. The summed E-state index contributed by atoms with van der Waals surface area (Å²) in [5.74, 6) is -1.71. The fraction of sp³-hybridized carbons (Fsp3) is 0.385. The van der Waals surface area contributed by atoms with E-state index in [-0.39, 0.29) is 13.0 Å². The van der Waals surface area contributed by atoms with Gasteiger partial charge < -0.3 is 10.0 Å². The second-order valence-electron chi connectivity index (χ2n) is 5.02. The Morgan fingerprint density at radius 3 is 2.68 bits per heavy atom. The largest absolute Gasteiger partial charge is 0.481 e. The van der Waals surface area contributed by atoms with Crippen molar-refractivity contribution in [2.75, 3.05) is 6.54 Å². The summed E-state index contributed by atoms with van der Waals surface area (Å²) in [7, 11) is -4.84. The summed E-state index contributed by atoms with van der Waals surface area (Å²) < 4.78 is 35.8. The maximum Gasteiger partial charge on any atom is 0.307 e. The predicted octanol–water partition coefficient (Wildman–Crippen LogP) is 1.87. The van der Waals surface area contributed by atoms with Crippen molar-refractivity contribution in [2.24, 2.45) is 0 Å². The molecule has 1 fully saturated rings. The SMILES string of the molecule is O=C(O)CC(c1cccc(Br)c1)N1CC(S(=O)(=O)F)CC1=O. The van der Waals surface area contributed by atoms with Gasteiger partial charge in [0.05, 0.1) is 12.5 Å². The van der Waals surface area contributed by atoms with E-state index in [1.807, 2.05) is 0 Å². The predicted molar refractivity (Wildman–Crippen MR) is 79.3 cm³/mol. The van der Waals surface area contributed by atoms with E-state index >= 15 is 0 Å². The molecule has 1 heterocycles. The summed E-state index contributed by atoms with van der Waals surface area (Å²) in [6.45, 7) is -0.345. The summed E-state index contributed by atoms with van der Waals surface area (Å²) in [6.07, 6.45) is -0.857. The number of nitrogens with zero attached hydrogens (tertiary/aromatic N) is 1. The van der Waals surface area contributed by atoms with E-state index in [4.69, 9.17) is 5.11 Å². The van der Waals surface area contributed by atoms with Gasteiger partial charge in [-0.3, -0.25) is 9.59 Å². The third-order valence-corrected chi connectivity index (χ3v) is 5.10. The van der Waals surface area contributed by atoms with E-state index in [0.717, 1.165) is 4.90 Å². The molecule has 1 aliphatic heterocycles. The lowest BCUT2D eigenvalue weighted by Crippen LogP contribution is -2.33. The third kappa shape index (κ3) is 3.83. The Labute approximate surface area is 135 Å². The van der Waals surface area contributed by atoms with Crippen molar-refractivity contribution in [3.63, 3.8) is 0 Å². The zero-order chi connectivity index (χ0) is 16.5. The maximum absolute atomic E-state index is 13.1. The van der Waals surface area contributed by atoms with Crippen molar-refractivity contribution >= 4 is 38.0 Å². The second kappa shape index (κ2) is 6.33. The van der Waals surface area contributed by atoms with Crippen molar-refractivity contribution in [2.45, 2.75) is 24.1 Å². The third-order valence-electron chi connectivity index (χ3n) is 3.50. The molecule has 1 amide bonds. The highest BCUT2D eigenvalue weighted by Gasteiger charge is 2.42. The lowest BCUT2D eigenvalue weighted by Gasteiger charge is -2.27. The number of carbonyl (C=O) groups excluding carboxylic acids is 1. The summed E-state index contributed by atoms with van der Waals surface area (Å²) in [6, 6.07) is 5.87. The van der Waals surface area contributed by atoms with Crippen molar-refractivity contribution < 1.29 is 27.0 Å². The van der Waals surface area contributed by atoms with Crippen LogP contribution >= 0.6 is 15.9 Å². The van der Waals surface area contributed by atoms with Crippen LogP contribution in [0, 0.1) is 0 Å². The van der Waals surface area contributed by atoms with Crippen LogP contribution in [0.25, 0.3) is 0 Å². The molecule has 1 aliphatic rings. The number of amides is 1. The van der Waals surface area contributed by atoms with Crippen LogP contribution in [0.3, 0.4) is 0 Å². The minimum Gasteiger partial charge on any atom is -0.481 e. The first-order chi connectivity index (χ1) is 10.2. The number of likely N-dealkylation sites (tertiary alicyclic amines) is 1. The first kappa shape index (κ1) is 16.9. The zero-order valence-electron chi connectivity index (χ0n) is 11.3. The Hall–Kier alpha value is -1.48. The van der Waals surface area contributed by atoms with Crippen LogP contribution in [0.2, 0.25) is 0 Å². The summed E-state index contributed by atoms with van der Waals surface area (Å²) in [5.41, 5.74) is 0.544. The number of halogens is 2. The van der Waals surface area contributed by atoms with Gasteiger partial charge in [0.15, 0.2) is 0 Å². The number of carboxylic acids is 1. The van der Waals surface area contributed by atoms with Crippen LogP contribution in [0.4, 0.5) is 3.89 Å². The van der Waals surface area contributed by atoms with Gasteiger partial charge in [-0.1, -0.05) is 28.1 Å². The van der Waals surface area contributed by atoms with E-state index in [9.17, 15) is 21.9 Å². The van der Waals surface area contributed by atoms with Crippen molar-refractivity contribution in [1.82, 2.24) is 4.90 Å². The van der Waals surface area contributed by atoms with Crippen molar-refractivity contribution in [3.05, 3.63) is 34.3 Å². The summed E-state index contributed by atoms with van der Waals surface area (Å²) in [5, 5.41) is 7.60. The highest BCUT2D eigenvalue weighted by Crippen LogP contribution is 2.32. The van der Waals surface area contributed by atoms with E-state index in [2.05, 4.69) is 15.9 Å². The van der Waals surface area contributed by atoms with Gasteiger partial charge in [0, 0.05) is 17.4 Å². The normalized spacial score (nSPS) is 20.2. The second-order valence-corrected chi connectivity index (χ2v) is 7.55. The molecule has 22 heavy (non-hydrogen) atoms. The molecule has 1 aromatic carbocycles. The van der Waals surface area contributed by atoms with E-state index in [0.29, 0.717) is 10.0 Å². The molecule has 1 saturated heterocycles. The van der Waals surface area contributed by atoms with Crippen LogP contribution in [-0.4, -0.2) is 42.1 Å². The van der Waals surface area contributed by atoms with Gasteiger partial charge >= 0.3 is 16.2 Å². The van der Waals surface area contributed by atoms with Gasteiger partial charge in [-0.25, -0.2) is 0 Å². The number of hydrogen-bond donors (Lipinski definition) is 1. The molecule has 9 heteroatoms. The highest BCUT2D eigenvalue weighted by molar-refractivity contribution is 9.10. The Morgan fingerprint density at radius 2 is 2.18 bits per heavy atom. The molecule has 0 bridgehead atoms. The van der Waals surface area contributed by atoms with Gasteiger partial charge in [-0.15, -0.1) is 3.89 Å². The fourth-order valence-electron chi connectivity index (χ4n) is 2.47. The van der Waals surface area contributed by atoms with Crippen LogP contribution in [0.15, 0.2) is 28.7 Å². The fourth-order valence-corrected chi connectivity index (χ4v) is 3.57. The van der Waals surface area contributed by atoms with Crippen LogP contribution in [-0.2, 0) is 19.8 Å². The standard InChI is InChI=1S/C13H13BrFNO5S/c14-9-3-1-2-8(4-9)11(6-13(18)19)16-7-10(5-12(16)17)22(15,20)21/h1-4,10-11H,5-7H2,(H,18,19). The molecule has 6 nitrogen and oxygen atoms in total. The molecule has 2 atom stereocenters. The molecule has 0 spiro atoms. The number of aliphatic carboxylic acids is 1. The highest BCUT2D eigenvalue weighted by atomic mass is 79.9. The van der Waals surface area contributed by atoms with E-state index in [1.165, 1.54) is 0 Å². The van der Waals surface area contributed by atoms with Gasteiger partial charge in [0.1, 0.15) is 5.25 Å². The number of carboxylic acid groups (broad SMARTS) is 1. The van der Waals surface area contributed by atoms with Crippen LogP contribution < -0.4 is 0 Å². The summed E-state index contributed by atoms with van der Waals surface area (Å²) >= 11 is 3.26. The molecule has 0 aliphatic carbocycles. The van der Waals surface area contributed by atoms with Crippen LogP contribution in [0.5, 0.6) is 0 Å². The van der Waals surface area contributed by atoms with Gasteiger partial charge in [-0.2, -0.15) is 8.42 Å². The summed E-state index contributed by atoms with van der Waals surface area (Å²) in [4.78, 5) is 24.2. The van der Waals surface area contributed by atoms with Crippen LogP contribution in [0.1, 0.15) is 24.4 Å². The van der Waals surface area contributed by atoms with Gasteiger partial charge in [0.25, 0.3) is 0 Å². The van der Waals surface area contributed by atoms with E-state index in [1.54, 1.807) is 24.3 Å². The molecule has 1 aromatic rings. The smallest absolute Gasteiger partial charge is 0.307 e. The first-order valence-electron chi connectivity index (χ1n) is 6.38. The first-order valence-corrected chi connectivity index (χ1v) is 8.62. The Morgan fingerprint density at radius 1 is 1.50 bits per heavy atom. The molecule has 2 rings (SSSR count). The quantitative estimate of drug-likeness (QED) is 0.770. The molecular formula is C13H13BrFNO5S. The number of carbonyl (C=O) groups is 2. The van der Waals surface area contributed by atoms with Crippen molar-refractivity contribution in [3.8, 4) is 0 Å². The average molecular weight is 394 g/mol. The number of benzene rings is 1. The average Bonchev–Trinajstić information content (AvgIpc) is 2.77. The Kier molecular flexibility index (Phi) is 4.86. The monoisotopic (exact) mass is 393 g/mol. The molecule has 0 radical (unpaired) electrons. The van der Waals surface area contributed by atoms with Crippen molar-refractivity contribution in [1.29, 1.82) is 0 Å². The van der Waals surface area contributed by atoms with E-state index < -0.39 is 39.8 Å². The molecule has 120 valence electrons. The minimum atomic E-state index is -4.84. The minimum absolute atomic E-state index is 0.345. The topological polar surface area (TPSA) is 91.8 Å².